The van der Waals surface area contributed by atoms with Crippen molar-refractivity contribution in [1.29, 1.82) is 0 Å². The van der Waals surface area contributed by atoms with E-state index in [0.717, 1.165) is 13.1 Å². The maximum atomic E-state index is 6.49. The van der Waals surface area contributed by atoms with Gasteiger partial charge in [-0.2, -0.15) is 0 Å². The number of hydrogen-bond donors (Lipinski definition) is 0. The summed E-state index contributed by atoms with van der Waals surface area (Å²) in [6.07, 6.45) is 5.11. The van der Waals surface area contributed by atoms with Crippen LogP contribution >= 0.6 is 0 Å². The van der Waals surface area contributed by atoms with E-state index in [-0.39, 0.29) is 0 Å². The summed E-state index contributed by atoms with van der Waals surface area (Å²) in [4.78, 5) is 2.43. The van der Waals surface area contributed by atoms with Gasteiger partial charge in [0.15, 0.2) is 8.32 Å². The van der Waals surface area contributed by atoms with Crippen LogP contribution in [0.5, 0.6) is 0 Å². The lowest BCUT2D eigenvalue weighted by Crippen LogP contribution is -2.46. The Morgan fingerprint density at radius 1 is 1.17 bits per heavy atom. The molecule has 0 aromatic rings. The minimum atomic E-state index is -1.58. The third-order valence-corrected chi connectivity index (χ3v) is 8.72. The zero-order chi connectivity index (χ0) is 14.0. The second kappa shape index (κ2) is 5.79. The van der Waals surface area contributed by atoms with Crippen LogP contribution in [0.15, 0.2) is 11.8 Å². The van der Waals surface area contributed by atoms with Gasteiger partial charge in [-0.3, -0.25) is 0 Å². The molecule has 0 unspecified atom stereocenters. The highest BCUT2D eigenvalue weighted by Crippen LogP contribution is 2.38. The second-order valence-corrected chi connectivity index (χ2v) is 12.1. The zero-order valence-electron chi connectivity index (χ0n) is 13.3. The molecule has 106 valence electrons. The first-order valence-electron chi connectivity index (χ1n) is 7.19. The molecular formula is C15H31NOSi. The van der Waals surface area contributed by atoms with Gasteiger partial charge in [-0.15, -0.1) is 0 Å². The molecule has 0 aromatic carbocycles. The molecule has 1 aliphatic heterocycles. The summed E-state index contributed by atoms with van der Waals surface area (Å²) < 4.78 is 6.49. The molecule has 1 saturated heterocycles. The third kappa shape index (κ3) is 4.43. The van der Waals surface area contributed by atoms with Gasteiger partial charge in [0, 0.05) is 19.2 Å². The van der Waals surface area contributed by atoms with Crippen molar-refractivity contribution >= 4 is 8.32 Å². The highest BCUT2D eigenvalue weighted by Gasteiger charge is 2.39. The molecule has 1 fully saturated rings. The normalized spacial score (nSPS) is 18.9. The second-order valence-electron chi connectivity index (χ2n) is 7.32. The van der Waals surface area contributed by atoms with Gasteiger partial charge >= 0.3 is 0 Å². The molecule has 0 aromatic heterocycles. The van der Waals surface area contributed by atoms with Gasteiger partial charge in [-0.05, 0) is 51.0 Å². The molecule has 0 radical (unpaired) electrons. The molecule has 0 aliphatic carbocycles. The smallest absolute Gasteiger partial charge is 0.192 e. The molecule has 0 saturated carbocycles. The van der Waals surface area contributed by atoms with E-state index in [4.69, 9.17) is 4.43 Å². The molecule has 0 atom stereocenters. The summed E-state index contributed by atoms with van der Waals surface area (Å²) in [5, 5.41) is 0.323. The quantitative estimate of drug-likeness (QED) is 0.704. The van der Waals surface area contributed by atoms with E-state index in [0.29, 0.717) is 11.1 Å². The molecule has 3 heteroatoms. The topological polar surface area (TPSA) is 12.5 Å². The van der Waals surface area contributed by atoms with Crippen LogP contribution in [0.1, 0.15) is 47.5 Å². The molecule has 1 heterocycles. The number of hydrogen-bond acceptors (Lipinski definition) is 2. The number of allylic oxidation sites excluding steroid dienone is 1. The fourth-order valence-electron chi connectivity index (χ4n) is 2.08. The predicted molar refractivity (Wildman–Crippen MR) is 82.3 cm³/mol. The molecule has 1 rings (SSSR count). The summed E-state index contributed by atoms with van der Waals surface area (Å²) in [7, 11) is -1.58. The maximum absolute atomic E-state index is 6.49. The van der Waals surface area contributed by atoms with E-state index in [2.05, 4.69) is 58.8 Å². The van der Waals surface area contributed by atoms with E-state index in [1.807, 2.05) is 0 Å². The lowest BCUT2D eigenvalue weighted by atomic mass is 10.1. The minimum absolute atomic E-state index is 0.323. The van der Waals surface area contributed by atoms with Crippen LogP contribution in [0.3, 0.4) is 0 Å². The van der Waals surface area contributed by atoms with E-state index in [1.165, 1.54) is 18.4 Å². The van der Waals surface area contributed by atoms with Crippen LogP contribution in [-0.2, 0) is 4.43 Å². The van der Waals surface area contributed by atoms with Gasteiger partial charge in [-0.1, -0.05) is 26.3 Å². The van der Waals surface area contributed by atoms with Crippen LogP contribution in [-0.4, -0.2) is 32.4 Å². The Morgan fingerprint density at radius 3 is 2.06 bits per heavy atom. The van der Waals surface area contributed by atoms with Gasteiger partial charge in [0.2, 0.25) is 0 Å². The molecule has 2 nitrogen and oxygen atoms in total. The molecule has 0 amide bonds. The van der Waals surface area contributed by atoms with Crippen molar-refractivity contribution in [3.05, 3.63) is 11.8 Å². The highest BCUT2D eigenvalue weighted by atomic mass is 28.4. The largest absolute Gasteiger partial charge is 0.414 e. The van der Waals surface area contributed by atoms with Crippen LogP contribution in [0.25, 0.3) is 0 Å². The molecule has 0 spiro atoms. The lowest BCUT2D eigenvalue weighted by molar-refractivity contribution is 0.109. The molecule has 1 aliphatic rings. The summed E-state index contributed by atoms with van der Waals surface area (Å²) in [5.74, 6) is 0. The van der Waals surface area contributed by atoms with Gasteiger partial charge in [-0.25, -0.2) is 0 Å². The Labute approximate surface area is 115 Å². The Bertz CT molecular complexity index is 292. The van der Waals surface area contributed by atoms with E-state index in [1.54, 1.807) is 0 Å². The predicted octanol–water partition coefficient (Wildman–Crippen LogP) is 4.40. The average Bonchev–Trinajstić information content (AvgIpc) is 2.18. The number of piperidine rings is 1. The van der Waals surface area contributed by atoms with Crippen LogP contribution < -0.4 is 0 Å². The third-order valence-electron chi connectivity index (χ3n) is 4.18. The summed E-state index contributed by atoms with van der Waals surface area (Å²) in [6.45, 7) is 18.3. The molecule has 0 bridgehead atoms. The SMILES string of the molecule is CC(C)=CN1CCC(O[Si](C)(C)C(C)(C)C)CC1. The van der Waals surface area contributed by atoms with Crippen molar-refractivity contribution in [1.82, 2.24) is 4.90 Å². The van der Waals surface area contributed by atoms with Crippen LogP contribution in [0.4, 0.5) is 0 Å². The summed E-state index contributed by atoms with van der Waals surface area (Å²) in [6, 6.07) is 0. The lowest BCUT2D eigenvalue weighted by Gasteiger charge is -2.41. The van der Waals surface area contributed by atoms with Crippen molar-refractivity contribution in [2.24, 2.45) is 0 Å². The Kier molecular flexibility index (Phi) is 5.07. The van der Waals surface area contributed by atoms with Crippen molar-refractivity contribution < 1.29 is 4.43 Å². The van der Waals surface area contributed by atoms with Crippen LogP contribution in [0, 0.1) is 0 Å². The van der Waals surface area contributed by atoms with Gasteiger partial charge in [0.25, 0.3) is 0 Å². The van der Waals surface area contributed by atoms with E-state index < -0.39 is 8.32 Å². The Hall–Kier alpha value is -0.283. The minimum Gasteiger partial charge on any atom is -0.414 e. The number of likely N-dealkylation sites (tertiary alicyclic amines) is 1. The Morgan fingerprint density at radius 2 is 1.67 bits per heavy atom. The zero-order valence-corrected chi connectivity index (χ0v) is 14.3. The van der Waals surface area contributed by atoms with Crippen molar-refractivity contribution in [2.75, 3.05) is 13.1 Å². The van der Waals surface area contributed by atoms with Gasteiger partial charge in [0.05, 0.1) is 0 Å². The van der Waals surface area contributed by atoms with E-state index >= 15 is 0 Å². The maximum Gasteiger partial charge on any atom is 0.192 e. The first-order chi connectivity index (χ1) is 8.12. The number of nitrogens with zero attached hydrogens (tertiary/aromatic N) is 1. The van der Waals surface area contributed by atoms with Gasteiger partial charge in [0.1, 0.15) is 0 Å². The fourth-order valence-corrected chi connectivity index (χ4v) is 3.50. The first kappa shape index (κ1) is 15.8. The summed E-state index contributed by atoms with van der Waals surface area (Å²) >= 11 is 0. The first-order valence-corrected chi connectivity index (χ1v) is 10.1. The Balaban J connectivity index is 2.47. The molecule has 0 N–H and O–H groups in total. The van der Waals surface area contributed by atoms with Crippen molar-refractivity contribution in [3.63, 3.8) is 0 Å². The standard InChI is InChI=1S/C15H31NOSi/c1-13(2)12-16-10-8-14(9-11-16)17-18(6,7)15(3,4)5/h12,14H,8-11H2,1-7H3. The summed E-state index contributed by atoms with van der Waals surface area (Å²) in [5.41, 5.74) is 1.39. The van der Waals surface area contributed by atoms with Gasteiger partial charge < -0.3 is 9.33 Å². The monoisotopic (exact) mass is 269 g/mol. The van der Waals surface area contributed by atoms with Crippen molar-refractivity contribution in [3.8, 4) is 0 Å². The van der Waals surface area contributed by atoms with Crippen LogP contribution in [0.2, 0.25) is 18.1 Å². The average molecular weight is 270 g/mol. The van der Waals surface area contributed by atoms with E-state index in [9.17, 15) is 0 Å². The van der Waals surface area contributed by atoms with Crippen molar-refractivity contribution in [2.45, 2.75) is 71.7 Å². The highest BCUT2D eigenvalue weighted by molar-refractivity contribution is 6.74. The molecule has 18 heavy (non-hydrogen) atoms. The molecular weight excluding hydrogens is 238 g/mol. The number of rotatable bonds is 3. The fraction of sp³-hybridized carbons (Fsp3) is 0.867.